The van der Waals surface area contributed by atoms with Gasteiger partial charge in [-0.15, -0.1) is 0 Å². The number of para-hydroxylation sites is 1. The lowest BCUT2D eigenvalue weighted by Crippen LogP contribution is -2.02. The van der Waals surface area contributed by atoms with Gasteiger partial charge in [0.25, 0.3) is 0 Å². The summed E-state index contributed by atoms with van der Waals surface area (Å²) in [7, 11) is 1.00. The van der Waals surface area contributed by atoms with Crippen molar-refractivity contribution >= 4 is 11.0 Å². The Morgan fingerprint density at radius 2 is 1.80 bits per heavy atom. The predicted molar refractivity (Wildman–Crippen MR) is 57.0 cm³/mol. The topological polar surface area (TPSA) is 70.7 Å². The number of aliphatic hydroxyl groups is 1. The van der Waals surface area contributed by atoms with Crippen LogP contribution in [0.25, 0.3) is 11.0 Å². The molecule has 1 heterocycles. The van der Waals surface area contributed by atoms with E-state index in [1.807, 2.05) is 0 Å². The minimum Gasteiger partial charge on any atom is -0.507 e. The summed E-state index contributed by atoms with van der Waals surface area (Å²) in [5, 5.41) is 17.1. The van der Waals surface area contributed by atoms with Crippen LogP contribution in [-0.2, 0) is 0 Å². The second kappa shape index (κ2) is 4.61. The van der Waals surface area contributed by atoms with Crippen LogP contribution >= 0.6 is 0 Å². The van der Waals surface area contributed by atoms with Crippen molar-refractivity contribution in [2.45, 2.75) is 6.92 Å². The van der Waals surface area contributed by atoms with E-state index in [2.05, 4.69) is 0 Å². The molecule has 15 heavy (non-hydrogen) atoms. The maximum absolute atomic E-state index is 11.1. The Kier molecular flexibility index (Phi) is 3.46. The first-order valence-corrected chi connectivity index (χ1v) is 4.36. The maximum Gasteiger partial charge on any atom is 0.342 e. The first-order chi connectivity index (χ1) is 7.20. The van der Waals surface area contributed by atoms with Gasteiger partial charge in [0.15, 0.2) is 0 Å². The highest BCUT2D eigenvalue weighted by Crippen LogP contribution is 2.24. The molecular formula is C11H12O4. The first-order valence-electron chi connectivity index (χ1n) is 4.36. The Labute approximate surface area is 86.4 Å². The summed E-state index contributed by atoms with van der Waals surface area (Å²) in [6.07, 6.45) is 0. The lowest BCUT2D eigenvalue weighted by molar-refractivity contribution is 0.399. The van der Waals surface area contributed by atoms with Gasteiger partial charge >= 0.3 is 5.63 Å². The molecule has 1 aromatic carbocycles. The zero-order valence-corrected chi connectivity index (χ0v) is 8.52. The largest absolute Gasteiger partial charge is 0.507 e. The Hall–Kier alpha value is -1.81. The molecule has 1 aromatic heterocycles. The van der Waals surface area contributed by atoms with E-state index in [9.17, 15) is 9.90 Å². The number of aliphatic hydroxyl groups excluding tert-OH is 1. The molecule has 2 N–H and O–H groups in total. The van der Waals surface area contributed by atoms with Crippen molar-refractivity contribution < 1.29 is 14.6 Å². The molecule has 0 aliphatic rings. The van der Waals surface area contributed by atoms with Crippen LogP contribution in [0.3, 0.4) is 0 Å². The van der Waals surface area contributed by atoms with E-state index in [0.717, 1.165) is 7.11 Å². The Balaban J connectivity index is 0.000000531. The molecule has 4 heteroatoms. The average molecular weight is 208 g/mol. The Morgan fingerprint density at radius 1 is 1.20 bits per heavy atom. The van der Waals surface area contributed by atoms with Crippen LogP contribution in [0.5, 0.6) is 5.75 Å². The third-order valence-electron chi connectivity index (χ3n) is 2.01. The van der Waals surface area contributed by atoms with E-state index in [-0.39, 0.29) is 11.3 Å². The number of fused-ring (bicyclic) bond motifs is 1. The fourth-order valence-electron chi connectivity index (χ4n) is 1.23. The van der Waals surface area contributed by atoms with Gasteiger partial charge in [0.05, 0.1) is 10.9 Å². The zero-order valence-electron chi connectivity index (χ0n) is 8.52. The molecule has 0 bridgehead atoms. The molecule has 0 spiro atoms. The van der Waals surface area contributed by atoms with Crippen LogP contribution in [0.4, 0.5) is 0 Å². The van der Waals surface area contributed by atoms with Gasteiger partial charge in [0, 0.05) is 7.11 Å². The van der Waals surface area contributed by atoms with Crippen molar-refractivity contribution in [3.05, 3.63) is 40.2 Å². The Morgan fingerprint density at radius 3 is 2.47 bits per heavy atom. The molecule has 0 radical (unpaired) electrons. The lowest BCUT2D eigenvalue weighted by Gasteiger charge is -2.00. The highest BCUT2D eigenvalue weighted by atomic mass is 16.4. The van der Waals surface area contributed by atoms with Crippen LogP contribution < -0.4 is 5.63 Å². The summed E-state index contributed by atoms with van der Waals surface area (Å²) in [5.74, 6) is 0.00634. The van der Waals surface area contributed by atoms with Crippen molar-refractivity contribution in [3.8, 4) is 5.75 Å². The smallest absolute Gasteiger partial charge is 0.342 e. The minimum absolute atomic E-state index is 0.00634. The van der Waals surface area contributed by atoms with Crippen molar-refractivity contribution in [3.63, 3.8) is 0 Å². The van der Waals surface area contributed by atoms with Gasteiger partial charge in [-0.1, -0.05) is 12.1 Å². The van der Waals surface area contributed by atoms with Crippen molar-refractivity contribution in [1.29, 1.82) is 0 Å². The number of hydrogen-bond acceptors (Lipinski definition) is 4. The van der Waals surface area contributed by atoms with Gasteiger partial charge in [0.1, 0.15) is 11.3 Å². The number of benzene rings is 1. The monoisotopic (exact) mass is 208 g/mol. The maximum atomic E-state index is 11.1. The van der Waals surface area contributed by atoms with Gasteiger partial charge in [-0.2, -0.15) is 0 Å². The normalized spacial score (nSPS) is 9.53. The molecule has 80 valence electrons. The molecule has 2 rings (SSSR count). The summed E-state index contributed by atoms with van der Waals surface area (Å²) in [4.78, 5) is 11.1. The predicted octanol–water partition coefficient (Wildman–Crippen LogP) is 1.42. The average Bonchev–Trinajstić information content (AvgIpc) is 2.29. The highest BCUT2D eigenvalue weighted by Gasteiger charge is 2.07. The van der Waals surface area contributed by atoms with Crippen LogP contribution in [0, 0.1) is 6.92 Å². The molecule has 4 nitrogen and oxygen atoms in total. The van der Waals surface area contributed by atoms with Crippen LogP contribution in [-0.4, -0.2) is 17.3 Å². The minimum atomic E-state index is -0.490. The van der Waals surface area contributed by atoms with E-state index in [1.165, 1.54) is 6.92 Å². The van der Waals surface area contributed by atoms with Crippen molar-refractivity contribution in [2.24, 2.45) is 0 Å². The van der Waals surface area contributed by atoms with Gasteiger partial charge in [0.2, 0.25) is 0 Å². The molecule has 0 unspecified atom stereocenters. The highest BCUT2D eigenvalue weighted by molar-refractivity contribution is 5.83. The molecule has 0 saturated carbocycles. The lowest BCUT2D eigenvalue weighted by atomic mass is 10.2. The Bertz CT molecular complexity index is 513. The molecule has 2 aromatic rings. The second-order valence-corrected chi connectivity index (χ2v) is 2.86. The number of aromatic hydroxyl groups is 1. The molecule has 0 saturated heterocycles. The fourth-order valence-corrected chi connectivity index (χ4v) is 1.23. The third kappa shape index (κ3) is 1.99. The quantitative estimate of drug-likeness (QED) is 0.642. The molecule has 0 aliphatic heterocycles. The second-order valence-electron chi connectivity index (χ2n) is 2.86. The summed E-state index contributed by atoms with van der Waals surface area (Å²) >= 11 is 0. The molecule has 0 atom stereocenters. The van der Waals surface area contributed by atoms with Crippen LogP contribution in [0.1, 0.15) is 5.56 Å². The number of hydrogen-bond donors (Lipinski definition) is 2. The number of rotatable bonds is 0. The van der Waals surface area contributed by atoms with Gasteiger partial charge in [-0.25, -0.2) is 4.79 Å². The van der Waals surface area contributed by atoms with E-state index in [1.54, 1.807) is 24.3 Å². The summed E-state index contributed by atoms with van der Waals surface area (Å²) in [5.41, 5.74) is 0.172. The molecule has 0 amide bonds. The van der Waals surface area contributed by atoms with Gasteiger partial charge < -0.3 is 14.6 Å². The van der Waals surface area contributed by atoms with Gasteiger partial charge in [-0.3, -0.25) is 0 Å². The molecule has 0 aliphatic carbocycles. The first kappa shape index (κ1) is 11.3. The van der Waals surface area contributed by atoms with E-state index < -0.39 is 5.63 Å². The van der Waals surface area contributed by atoms with Crippen molar-refractivity contribution in [2.75, 3.05) is 7.11 Å². The van der Waals surface area contributed by atoms with Crippen molar-refractivity contribution in [1.82, 2.24) is 0 Å². The summed E-state index contributed by atoms with van der Waals surface area (Å²) in [6.45, 7) is 1.54. The molecule has 0 fully saturated rings. The third-order valence-corrected chi connectivity index (χ3v) is 2.01. The van der Waals surface area contributed by atoms with Crippen LogP contribution in [0.2, 0.25) is 0 Å². The molecular weight excluding hydrogens is 196 g/mol. The summed E-state index contributed by atoms with van der Waals surface area (Å²) < 4.78 is 4.96. The fraction of sp³-hybridized carbons (Fsp3) is 0.182. The van der Waals surface area contributed by atoms with E-state index in [0.29, 0.717) is 11.0 Å². The standard InChI is InChI=1S/C10H8O3.CH4O/c1-6-9(11)7-4-2-3-5-8(7)13-10(6)12;1-2/h2-5,11H,1H3;2H,1H3. The summed E-state index contributed by atoms with van der Waals surface area (Å²) in [6, 6.07) is 6.89. The SMILES string of the molecule is CO.Cc1c(O)c2ccccc2oc1=O. The van der Waals surface area contributed by atoms with E-state index in [4.69, 9.17) is 9.52 Å². The van der Waals surface area contributed by atoms with Crippen LogP contribution in [0.15, 0.2) is 33.5 Å². The van der Waals surface area contributed by atoms with E-state index >= 15 is 0 Å². The zero-order chi connectivity index (χ0) is 11.4. The van der Waals surface area contributed by atoms with Gasteiger partial charge in [-0.05, 0) is 19.1 Å².